The van der Waals surface area contributed by atoms with Crippen LogP contribution in [0, 0.1) is 13.8 Å². The maximum absolute atomic E-state index is 11.8. The number of aryl methyl sites for hydroxylation is 2. The van der Waals surface area contributed by atoms with Crippen LogP contribution in [0.15, 0.2) is 0 Å². The van der Waals surface area contributed by atoms with E-state index >= 15 is 0 Å². The van der Waals surface area contributed by atoms with Crippen molar-refractivity contribution < 1.29 is 19.4 Å². The highest BCUT2D eigenvalue weighted by Gasteiger charge is 2.17. The SMILES string of the molecule is CCN(CC(=O)O)C(=O)COc1c(C)nn(C)c1C. The van der Waals surface area contributed by atoms with Gasteiger partial charge in [0.15, 0.2) is 12.4 Å². The zero-order valence-corrected chi connectivity index (χ0v) is 11.6. The molecule has 1 aromatic rings. The van der Waals surface area contributed by atoms with E-state index in [1.807, 2.05) is 6.92 Å². The molecule has 0 aliphatic carbocycles. The smallest absolute Gasteiger partial charge is 0.323 e. The first-order valence-electron chi connectivity index (χ1n) is 5.99. The number of carbonyl (C=O) groups excluding carboxylic acids is 1. The van der Waals surface area contributed by atoms with E-state index in [-0.39, 0.29) is 19.1 Å². The summed E-state index contributed by atoms with van der Waals surface area (Å²) in [6, 6.07) is 0. The molecule has 0 saturated carbocycles. The van der Waals surface area contributed by atoms with Crippen LogP contribution in [-0.2, 0) is 16.6 Å². The molecule has 19 heavy (non-hydrogen) atoms. The molecule has 1 aromatic heterocycles. The van der Waals surface area contributed by atoms with E-state index in [1.165, 1.54) is 4.90 Å². The number of ether oxygens (including phenoxy) is 1. The molecule has 0 radical (unpaired) electrons. The molecule has 0 aliphatic rings. The number of rotatable bonds is 6. The van der Waals surface area contributed by atoms with Crippen molar-refractivity contribution in [3.8, 4) is 5.75 Å². The zero-order valence-electron chi connectivity index (χ0n) is 11.6. The van der Waals surface area contributed by atoms with Crippen LogP contribution >= 0.6 is 0 Å². The molecule has 0 fully saturated rings. The Morgan fingerprint density at radius 1 is 1.42 bits per heavy atom. The van der Waals surface area contributed by atoms with Gasteiger partial charge in [0.2, 0.25) is 0 Å². The molecule has 1 rings (SSSR count). The number of aliphatic carboxylic acids is 1. The number of nitrogens with zero attached hydrogens (tertiary/aromatic N) is 3. The summed E-state index contributed by atoms with van der Waals surface area (Å²) in [6.45, 7) is 5.19. The second kappa shape index (κ2) is 6.21. The third kappa shape index (κ3) is 3.70. The van der Waals surface area contributed by atoms with E-state index in [2.05, 4.69) is 5.10 Å². The first-order chi connectivity index (χ1) is 8.86. The van der Waals surface area contributed by atoms with Crippen LogP contribution in [0.25, 0.3) is 0 Å². The molecule has 0 unspecified atom stereocenters. The lowest BCUT2D eigenvalue weighted by molar-refractivity contribution is -0.145. The molecular weight excluding hydrogens is 250 g/mol. The number of hydrogen-bond donors (Lipinski definition) is 1. The van der Waals surface area contributed by atoms with E-state index in [0.717, 1.165) is 5.69 Å². The van der Waals surface area contributed by atoms with Crippen LogP contribution in [0.3, 0.4) is 0 Å². The number of carbonyl (C=O) groups is 2. The van der Waals surface area contributed by atoms with Gasteiger partial charge in [0, 0.05) is 13.6 Å². The highest BCUT2D eigenvalue weighted by Crippen LogP contribution is 2.21. The van der Waals surface area contributed by atoms with E-state index in [4.69, 9.17) is 9.84 Å². The minimum atomic E-state index is -1.04. The fourth-order valence-corrected chi connectivity index (χ4v) is 1.73. The summed E-state index contributed by atoms with van der Waals surface area (Å²) in [4.78, 5) is 23.7. The number of aromatic nitrogens is 2. The van der Waals surface area contributed by atoms with Crippen molar-refractivity contribution in [2.75, 3.05) is 19.7 Å². The summed E-state index contributed by atoms with van der Waals surface area (Å²) in [5.41, 5.74) is 1.53. The lowest BCUT2D eigenvalue weighted by atomic mass is 10.3. The van der Waals surface area contributed by atoms with Crippen molar-refractivity contribution in [2.24, 2.45) is 7.05 Å². The average Bonchev–Trinajstić information content (AvgIpc) is 2.57. The number of carboxylic acids is 1. The molecule has 0 atom stereocenters. The fourth-order valence-electron chi connectivity index (χ4n) is 1.73. The van der Waals surface area contributed by atoms with Gasteiger partial charge in [0.25, 0.3) is 5.91 Å². The van der Waals surface area contributed by atoms with E-state index in [9.17, 15) is 9.59 Å². The summed E-state index contributed by atoms with van der Waals surface area (Å²) in [7, 11) is 1.79. The lowest BCUT2D eigenvalue weighted by Gasteiger charge is -2.18. The Morgan fingerprint density at radius 2 is 2.05 bits per heavy atom. The third-order valence-corrected chi connectivity index (χ3v) is 2.84. The second-order valence-corrected chi connectivity index (χ2v) is 4.21. The maximum Gasteiger partial charge on any atom is 0.323 e. The summed E-state index contributed by atoms with van der Waals surface area (Å²) in [5, 5.41) is 12.9. The number of likely N-dealkylation sites (N-methyl/N-ethyl adjacent to an activating group) is 1. The first-order valence-corrected chi connectivity index (χ1v) is 5.99. The number of hydrogen-bond acceptors (Lipinski definition) is 4. The molecule has 0 saturated heterocycles. The van der Waals surface area contributed by atoms with Gasteiger partial charge in [0.05, 0.1) is 5.69 Å². The molecular formula is C12H19N3O4. The Kier molecular flexibility index (Phi) is 4.91. The summed E-state index contributed by atoms with van der Waals surface area (Å²) < 4.78 is 7.12. The van der Waals surface area contributed by atoms with Gasteiger partial charge < -0.3 is 14.7 Å². The second-order valence-electron chi connectivity index (χ2n) is 4.21. The van der Waals surface area contributed by atoms with Crippen LogP contribution in [0.2, 0.25) is 0 Å². The van der Waals surface area contributed by atoms with Crippen molar-refractivity contribution in [3.05, 3.63) is 11.4 Å². The quantitative estimate of drug-likeness (QED) is 0.805. The third-order valence-electron chi connectivity index (χ3n) is 2.84. The largest absolute Gasteiger partial charge is 0.480 e. The zero-order chi connectivity index (χ0) is 14.6. The molecule has 0 aromatic carbocycles. The Labute approximate surface area is 111 Å². The fraction of sp³-hybridized carbons (Fsp3) is 0.583. The molecule has 1 amide bonds. The standard InChI is InChI=1S/C12H19N3O4/c1-5-15(6-11(17)18)10(16)7-19-12-8(2)13-14(4)9(12)3/h5-7H2,1-4H3,(H,17,18). The van der Waals surface area contributed by atoms with Crippen molar-refractivity contribution in [1.29, 1.82) is 0 Å². The average molecular weight is 269 g/mol. The minimum Gasteiger partial charge on any atom is -0.480 e. The predicted octanol–water partition coefficient (Wildman–Crippen LogP) is 0.349. The molecule has 1 heterocycles. The summed E-state index contributed by atoms with van der Waals surface area (Å²) in [6.07, 6.45) is 0. The molecule has 1 N–H and O–H groups in total. The number of amides is 1. The molecule has 0 aliphatic heterocycles. The van der Waals surface area contributed by atoms with Gasteiger partial charge >= 0.3 is 5.97 Å². The lowest BCUT2D eigenvalue weighted by Crippen LogP contribution is -2.38. The van der Waals surface area contributed by atoms with Gasteiger partial charge in [-0.3, -0.25) is 14.3 Å². The van der Waals surface area contributed by atoms with E-state index in [1.54, 1.807) is 25.6 Å². The Hall–Kier alpha value is -2.05. The predicted molar refractivity (Wildman–Crippen MR) is 68.1 cm³/mol. The summed E-state index contributed by atoms with van der Waals surface area (Å²) >= 11 is 0. The van der Waals surface area contributed by atoms with Crippen molar-refractivity contribution in [3.63, 3.8) is 0 Å². The normalized spacial score (nSPS) is 10.3. The van der Waals surface area contributed by atoms with Crippen LogP contribution < -0.4 is 4.74 Å². The van der Waals surface area contributed by atoms with Gasteiger partial charge in [-0.1, -0.05) is 0 Å². The van der Waals surface area contributed by atoms with Crippen LogP contribution in [-0.4, -0.2) is 51.4 Å². The molecule has 7 heteroatoms. The minimum absolute atomic E-state index is 0.186. The monoisotopic (exact) mass is 269 g/mol. The molecule has 7 nitrogen and oxygen atoms in total. The maximum atomic E-state index is 11.8. The Morgan fingerprint density at radius 3 is 2.47 bits per heavy atom. The van der Waals surface area contributed by atoms with E-state index < -0.39 is 5.97 Å². The van der Waals surface area contributed by atoms with Crippen LogP contribution in [0.4, 0.5) is 0 Å². The van der Waals surface area contributed by atoms with Crippen molar-refractivity contribution in [2.45, 2.75) is 20.8 Å². The topological polar surface area (TPSA) is 84.7 Å². The highest BCUT2D eigenvalue weighted by molar-refractivity contribution is 5.82. The van der Waals surface area contributed by atoms with Gasteiger partial charge in [0.1, 0.15) is 12.2 Å². The summed E-state index contributed by atoms with van der Waals surface area (Å²) in [5.74, 6) is -0.821. The van der Waals surface area contributed by atoms with Crippen molar-refractivity contribution in [1.82, 2.24) is 14.7 Å². The Bertz CT molecular complexity index is 482. The molecule has 106 valence electrons. The Balaban J connectivity index is 2.65. The van der Waals surface area contributed by atoms with Gasteiger partial charge in [-0.05, 0) is 20.8 Å². The van der Waals surface area contributed by atoms with Crippen LogP contribution in [0.1, 0.15) is 18.3 Å². The first kappa shape index (κ1) is 15.0. The van der Waals surface area contributed by atoms with Gasteiger partial charge in [-0.15, -0.1) is 0 Å². The van der Waals surface area contributed by atoms with Gasteiger partial charge in [-0.2, -0.15) is 5.10 Å². The molecule has 0 bridgehead atoms. The van der Waals surface area contributed by atoms with Crippen molar-refractivity contribution >= 4 is 11.9 Å². The number of carboxylic acid groups (broad SMARTS) is 1. The molecule has 0 spiro atoms. The van der Waals surface area contributed by atoms with Gasteiger partial charge in [-0.25, -0.2) is 0 Å². The highest BCUT2D eigenvalue weighted by atomic mass is 16.5. The van der Waals surface area contributed by atoms with Crippen LogP contribution in [0.5, 0.6) is 5.75 Å². The van der Waals surface area contributed by atoms with E-state index in [0.29, 0.717) is 18.0 Å².